The number of aromatic nitrogens is 2. The molecular formula is C15H14Cl2N2OS2. The van der Waals surface area contributed by atoms with Gasteiger partial charge in [0.1, 0.15) is 0 Å². The molecule has 0 saturated heterocycles. The van der Waals surface area contributed by atoms with Crippen LogP contribution in [-0.2, 0) is 6.42 Å². The summed E-state index contributed by atoms with van der Waals surface area (Å²) in [4.78, 5) is 19.0. The lowest BCUT2D eigenvalue weighted by Gasteiger charge is -2.07. The molecule has 116 valence electrons. The maximum Gasteiger partial charge on any atom is 0.251 e. The summed E-state index contributed by atoms with van der Waals surface area (Å²) >= 11 is 15.5. The first kappa shape index (κ1) is 17.5. The van der Waals surface area contributed by atoms with E-state index in [-0.39, 0.29) is 5.56 Å². The lowest BCUT2D eigenvalue weighted by atomic mass is 10.1. The molecule has 0 radical (unpaired) electrons. The molecule has 7 heteroatoms. The fourth-order valence-corrected chi connectivity index (χ4v) is 3.97. The van der Waals surface area contributed by atoms with Crippen LogP contribution in [0.1, 0.15) is 11.3 Å². The predicted molar refractivity (Wildman–Crippen MR) is 97.5 cm³/mol. The number of benzene rings is 1. The first-order valence-corrected chi connectivity index (χ1v) is 9.34. The minimum atomic E-state index is -0.176. The van der Waals surface area contributed by atoms with E-state index in [1.54, 1.807) is 30.0 Å². The summed E-state index contributed by atoms with van der Waals surface area (Å²) < 4.78 is 0. The van der Waals surface area contributed by atoms with Crippen LogP contribution in [0.5, 0.6) is 0 Å². The summed E-state index contributed by atoms with van der Waals surface area (Å²) in [5.41, 5.74) is 1.25. The predicted octanol–water partition coefficient (Wildman–Crippen LogP) is 4.64. The molecule has 3 nitrogen and oxygen atoms in total. The maximum atomic E-state index is 11.8. The summed E-state index contributed by atoms with van der Waals surface area (Å²) in [6.07, 6.45) is 2.27. The van der Waals surface area contributed by atoms with Gasteiger partial charge in [-0.05, 0) is 17.7 Å². The Morgan fingerprint density at radius 2 is 2.05 bits per heavy atom. The normalized spacial score (nSPS) is 10.6. The molecule has 1 N–H and O–H groups in total. The van der Waals surface area contributed by atoms with Crippen LogP contribution in [0.2, 0.25) is 10.0 Å². The Labute approximate surface area is 147 Å². The molecule has 1 aromatic carbocycles. The zero-order valence-electron chi connectivity index (χ0n) is 11.6. The number of rotatable bonds is 7. The van der Waals surface area contributed by atoms with E-state index in [0.717, 1.165) is 16.4 Å². The van der Waals surface area contributed by atoms with Crippen molar-refractivity contribution in [2.24, 2.45) is 0 Å². The van der Waals surface area contributed by atoms with Gasteiger partial charge in [0, 0.05) is 33.4 Å². The van der Waals surface area contributed by atoms with Crippen LogP contribution in [0.25, 0.3) is 0 Å². The molecule has 0 aliphatic rings. The minimum absolute atomic E-state index is 0.176. The monoisotopic (exact) mass is 372 g/mol. The molecule has 2 rings (SSSR count). The van der Waals surface area contributed by atoms with Gasteiger partial charge in [-0.15, -0.1) is 18.3 Å². The highest BCUT2D eigenvalue weighted by Gasteiger charge is 2.09. The van der Waals surface area contributed by atoms with Crippen molar-refractivity contribution < 1.29 is 0 Å². The third-order valence-electron chi connectivity index (χ3n) is 2.71. The van der Waals surface area contributed by atoms with Gasteiger partial charge >= 0.3 is 0 Å². The largest absolute Gasteiger partial charge is 0.301 e. The van der Waals surface area contributed by atoms with Gasteiger partial charge in [-0.2, -0.15) is 0 Å². The van der Waals surface area contributed by atoms with Crippen molar-refractivity contribution in [3.63, 3.8) is 0 Å². The van der Waals surface area contributed by atoms with Crippen molar-refractivity contribution >= 4 is 46.7 Å². The number of hydrogen-bond acceptors (Lipinski definition) is 4. The molecule has 0 bridgehead atoms. The van der Waals surface area contributed by atoms with Gasteiger partial charge < -0.3 is 4.98 Å². The molecule has 0 unspecified atom stereocenters. The van der Waals surface area contributed by atoms with Crippen LogP contribution in [-0.4, -0.2) is 20.8 Å². The fourth-order valence-electron chi connectivity index (χ4n) is 1.75. The van der Waals surface area contributed by atoms with Gasteiger partial charge in [0.25, 0.3) is 5.56 Å². The zero-order valence-corrected chi connectivity index (χ0v) is 14.8. The Balaban J connectivity index is 2.16. The number of H-pyrrole nitrogens is 1. The Bertz CT molecular complexity index is 699. The number of hydrogen-bond donors (Lipinski definition) is 1. The number of halogens is 2. The van der Waals surface area contributed by atoms with Gasteiger partial charge in [0.05, 0.1) is 5.69 Å². The van der Waals surface area contributed by atoms with Gasteiger partial charge in [0.15, 0.2) is 5.16 Å². The Kier molecular flexibility index (Phi) is 6.89. The van der Waals surface area contributed by atoms with Gasteiger partial charge in [0.2, 0.25) is 0 Å². The Morgan fingerprint density at radius 1 is 1.32 bits per heavy atom. The SMILES string of the molecule is C=CCSCSc1nc(Cc2c(Cl)cccc2Cl)cc(=O)[nH]1. The molecule has 1 heterocycles. The molecule has 0 aliphatic carbocycles. The van der Waals surface area contributed by atoms with Crippen LogP contribution >= 0.6 is 46.7 Å². The zero-order chi connectivity index (χ0) is 15.9. The summed E-state index contributed by atoms with van der Waals surface area (Å²) in [7, 11) is 0. The van der Waals surface area contributed by atoms with Crippen molar-refractivity contribution in [2.45, 2.75) is 11.6 Å². The van der Waals surface area contributed by atoms with Crippen LogP contribution in [0.3, 0.4) is 0 Å². The molecule has 0 aliphatic heterocycles. The van der Waals surface area contributed by atoms with Crippen molar-refractivity contribution in [1.29, 1.82) is 0 Å². The van der Waals surface area contributed by atoms with E-state index in [2.05, 4.69) is 16.5 Å². The smallest absolute Gasteiger partial charge is 0.251 e. The second-order valence-corrected chi connectivity index (χ2v) is 7.51. The number of nitrogens with one attached hydrogen (secondary N) is 1. The number of thioether (sulfide) groups is 2. The molecule has 0 fully saturated rings. The third kappa shape index (κ3) is 5.09. The lowest BCUT2D eigenvalue weighted by molar-refractivity contribution is 0.881. The lowest BCUT2D eigenvalue weighted by Crippen LogP contribution is -2.10. The highest BCUT2D eigenvalue weighted by molar-refractivity contribution is 8.15. The van der Waals surface area contributed by atoms with E-state index >= 15 is 0 Å². The number of aromatic amines is 1. The van der Waals surface area contributed by atoms with Crippen molar-refractivity contribution in [2.75, 3.05) is 10.8 Å². The van der Waals surface area contributed by atoms with Crippen LogP contribution < -0.4 is 5.56 Å². The second-order valence-electron chi connectivity index (χ2n) is 4.34. The number of nitrogens with zero attached hydrogens (tertiary/aromatic N) is 1. The standard InChI is InChI=1S/C15H14Cl2N2OS2/c1-2-6-21-9-22-15-18-10(8-14(20)19-15)7-11-12(16)4-3-5-13(11)17/h2-5,8H,1,6-7,9H2,(H,18,19,20). The average Bonchev–Trinajstić information content (AvgIpc) is 2.47. The van der Waals surface area contributed by atoms with Gasteiger partial charge in [-0.3, -0.25) is 4.79 Å². The van der Waals surface area contributed by atoms with Crippen LogP contribution in [0.15, 0.2) is 46.9 Å². The van der Waals surface area contributed by atoms with Crippen LogP contribution in [0, 0.1) is 0 Å². The van der Waals surface area contributed by atoms with E-state index in [1.165, 1.54) is 17.8 Å². The first-order valence-electron chi connectivity index (χ1n) is 6.44. The molecule has 0 atom stereocenters. The topological polar surface area (TPSA) is 45.8 Å². The molecule has 0 spiro atoms. The van der Waals surface area contributed by atoms with Gasteiger partial charge in [-0.1, -0.05) is 47.1 Å². The summed E-state index contributed by atoms with van der Waals surface area (Å²) in [5, 5.41) is 2.54. The summed E-state index contributed by atoms with van der Waals surface area (Å²) in [5.74, 6) is 0.867. The third-order valence-corrected chi connectivity index (χ3v) is 5.49. The summed E-state index contributed by atoms with van der Waals surface area (Å²) in [6.45, 7) is 3.67. The second kappa shape index (κ2) is 8.67. The molecule has 1 aromatic heterocycles. The average molecular weight is 373 g/mol. The Hall–Kier alpha value is -0.880. The highest BCUT2D eigenvalue weighted by atomic mass is 35.5. The van der Waals surface area contributed by atoms with Gasteiger partial charge in [-0.25, -0.2) is 4.98 Å². The fraction of sp³-hybridized carbons (Fsp3) is 0.200. The molecule has 0 saturated carbocycles. The Morgan fingerprint density at radius 3 is 2.73 bits per heavy atom. The van der Waals surface area contributed by atoms with Crippen LogP contribution in [0.4, 0.5) is 0 Å². The van der Waals surface area contributed by atoms with Crippen molar-refractivity contribution in [1.82, 2.24) is 9.97 Å². The molecular weight excluding hydrogens is 359 g/mol. The minimum Gasteiger partial charge on any atom is -0.301 e. The van der Waals surface area contributed by atoms with Crippen molar-refractivity contribution in [3.8, 4) is 0 Å². The van der Waals surface area contributed by atoms with E-state index < -0.39 is 0 Å². The highest BCUT2D eigenvalue weighted by Crippen LogP contribution is 2.26. The van der Waals surface area contributed by atoms with E-state index in [0.29, 0.717) is 27.3 Å². The maximum absolute atomic E-state index is 11.8. The molecule has 0 amide bonds. The first-order chi connectivity index (χ1) is 10.6. The summed E-state index contributed by atoms with van der Waals surface area (Å²) in [6, 6.07) is 6.81. The quantitative estimate of drug-likeness (QED) is 0.253. The van der Waals surface area contributed by atoms with Crippen molar-refractivity contribution in [3.05, 3.63) is 68.6 Å². The molecule has 22 heavy (non-hydrogen) atoms. The molecule has 2 aromatic rings. The van der Waals surface area contributed by atoms with E-state index in [4.69, 9.17) is 23.2 Å². The van der Waals surface area contributed by atoms with E-state index in [9.17, 15) is 4.79 Å². The van der Waals surface area contributed by atoms with E-state index in [1.807, 2.05) is 6.08 Å².